The van der Waals surface area contributed by atoms with Crippen LogP contribution in [0.5, 0.6) is 0 Å². The van der Waals surface area contributed by atoms with Crippen molar-refractivity contribution < 1.29 is 9.21 Å². The molecule has 33 heavy (non-hydrogen) atoms. The Morgan fingerprint density at radius 2 is 1.85 bits per heavy atom. The highest BCUT2D eigenvalue weighted by molar-refractivity contribution is 6.31. The second-order valence-corrected chi connectivity index (χ2v) is 8.32. The maximum atomic E-state index is 13.2. The van der Waals surface area contributed by atoms with Gasteiger partial charge < -0.3 is 19.5 Å². The molecule has 5 heterocycles. The molecule has 1 fully saturated rings. The monoisotopic (exact) mass is 444 g/mol. The first-order valence-corrected chi connectivity index (χ1v) is 11.0. The van der Waals surface area contributed by atoms with Gasteiger partial charge in [0.05, 0.1) is 12.8 Å². The van der Waals surface area contributed by atoms with Crippen LogP contribution in [0.1, 0.15) is 10.4 Å². The van der Waals surface area contributed by atoms with E-state index in [9.17, 15) is 4.79 Å². The number of furan rings is 1. The number of hydrogen-bond donors (Lipinski definition) is 1. The van der Waals surface area contributed by atoms with Crippen LogP contribution in [0.15, 0.2) is 58.3 Å². The van der Waals surface area contributed by atoms with Crippen molar-refractivity contribution in [3.05, 3.63) is 54.4 Å². The first-order valence-electron chi connectivity index (χ1n) is 11.0. The van der Waals surface area contributed by atoms with Crippen LogP contribution in [-0.2, 0) is 0 Å². The number of fused-ring (bicyclic) bond motifs is 3. The minimum absolute atomic E-state index is 0.250. The number of piperazine rings is 1. The van der Waals surface area contributed by atoms with E-state index >= 15 is 0 Å². The number of aliphatic imine (C=N–C) groups is 1. The number of aromatic nitrogens is 2. The van der Waals surface area contributed by atoms with Crippen molar-refractivity contribution in [3.8, 4) is 0 Å². The van der Waals surface area contributed by atoms with Gasteiger partial charge in [0.2, 0.25) is 17.8 Å². The third-order valence-corrected chi connectivity index (χ3v) is 6.19. The van der Waals surface area contributed by atoms with Gasteiger partial charge in [0.15, 0.2) is 5.82 Å². The molecule has 0 radical (unpaired) electrons. The summed E-state index contributed by atoms with van der Waals surface area (Å²) in [5.74, 6) is 1.71. The Hall–Kier alpha value is -3.92. The Morgan fingerprint density at radius 3 is 2.61 bits per heavy atom. The van der Waals surface area contributed by atoms with Crippen molar-refractivity contribution in [1.29, 1.82) is 0 Å². The van der Waals surface area contributed by atoms with Crippen molar-refractivity contribution in [1.82, 2.24) is 14.9 Å². The topological polar surface area (TPSA) is 93.3 Å². The predicted octanol–water partition coefficient (Wildman–Crippen LogP) is 2.40. The lowest BCUT2D eigenvalue weighted by atomic mass is 10.2. The number of nitrogens with zero attached hydrogens (tertiary/aromatic N) is 7. The van der Waals surface area contributed by atoms with Crippen LogP contribution < -0.4 is 20.0 Å². The van der Waals surface area contributed by atoms with Crippen LogP contribution in [0.25, 0.3) is 0 Å². The molecule has 0 bridgehead atoms. The fraction of sp³-hybridized carbons (Fsp3) is 0.304. The molecular formula is C23H24N8O2. The molecular weight excluding hydrogens is 420 g/mol. The highest BCUT2D eigenvalue weighted by atomic mass is 16.3. The number of carbonyl (C=O) groups is 1. The summed E-state index contributed by atoms with van der Waals surface area (Å²) in [4.78, 5) is 34.9. The number of carbonyl (C=O) groups excluding carboxylic acids is 1. The molecule has 1 saturated heterocycles. The highest BCUT2D eigenvalue weighted by Gasteiger charge is 2.40. The van der Waals surface area contributed by atoms with Crippen molar-refractivity contribution in [2.45, 2.75) is 0 Å². The van der Waals surface area contributed by atoms with Crippen LogP contribution in [0, 0.1) is 0 Å². The lowest BCUT2D eigenvalue weighted by Crippen LogP contribution is -2.50. The smallest absolute Gasteiger partial charge is 0.272 e. The average molecular weight is 444 g/mol. The van der Waals surface area contributed by atoms with E-state index in [4.69, 9.17) is 4.42 Å². The molecule has 10 heteroatoms. The van der Waals surface area contributed by atoms with Gasteiger partial charge in [-0.2, -0.15) is 4.98 Å². The van der Waals surface area contributed by atoms with E-state index in [1.54, 1.807) is 18.3 Å². The fourth-order valence-electron chi connectivity index (χ4n) is 4.37. The highest BCUT2D eigenvalue weighted by Crippen LogP contribution is 2.33. The summed E-state index contributed by atoms with van der Waals surface area (Å²) in [7, 11) is 2.15. The molecule has 1 aromatic carbocycles. The van der Waals surface area contributed by atoms with Crippen molar-refractivity contribution in [2.24, 2.45) is 4.99 Å². The first-order chi connectivity index (χ1) is 16.2. The third kappa shape index (κ3) is 3.48. The zero-order valence-corrected chi connectivity index (χ0v) is 18.3. The standard InChI is InChI=1S/C23H24N8O2/c1-28-10-12-29(13-11-28)17-6-4-16(5-7-17)26-22-25-15-18-20(27-22)30-9-8-24-23(30)31(21(18)32)19-3-2-14-33-19/h2-7,14-15H,8-13H2,1H3,(H,25,26,27). The molecule has 2 aromatic heterocycles. The minimum Gasteiger partial charge on any atom is -0.448 e. The van der Waals surface area contributed by atoms with Crippen molar-refractivity contribution in [2.75, 3.05) is 66.3 Å². The number of benzene rings is 1. The van der Waals surface area contributed by atoms with Gasteiger partial charge >= 0.3 is 0 Å². The van der Waals surface area contributed by atoms with E-state index in [2.05, 4.69) is 49.3 Å². The van der Waals surface area contributed by atoms with Crippen LogP contribution in [0.4, 0.5) is 29.0 Å². The molecule has 0 unspecified atom stereocenters. The van der Waals surface area contributed by atoms with E-state index < -0.39 is 0 Å². The van der Waals surface area contributed by atoms with Gasteiger partial charge in [0.1, 0.15) is 5.56 Å². The molecule has 0 aliphatic carbocycles. The minimum atomic E-state index is -0.250. The van der Waals surface area contributed by atoms with Crippen LogP contribution in [-0.4, -0.2) is 73.1 Å². The molecule has 1 amide bonds. The zero-order valence-electron chi connectivity index (χ0n) is 18.3. The summed E-state index contributed by atoms with van der Waals surface area (Å²) in [5, 5.41) is 3.27. The van der Waals surface area contributed by atoms with E-state index in [-0.39, 0.29) is 5.91 Å². The molecule has 0 spiro atoms. The largest absolute Gasteiger partial charge is 0.448 e. The lowest BCUT2D eigenvalue weighted by Gasteiger charge is -2.34. The van der Waals surface area contributed by atoms with Gasteiger partial charge in [-0.1, -0.05) is 0 Å². The maximum absolute atomic E-state index is 13.2. The zero-order chi connectivity index (χ0) is 22.4. The third-order valence-electron chi connectivity index (χ3n) is 6.19. The average Bonchev–Trinajstić information content (AvgIpc) is 3.53. The van der Waals surface area contributed by atoms with Crippen LogP contribution in [0.2, 0.25) is 0 Å². The van der Waals surface area contributed by atoms with Gasteiger partial charge in [0.25, 0.3) is 5.91 Å². The molecule has 6 rings (SSSR count). The number of hydrogen-bond acceptors (Lipinski definition) is 9. The Balaban J connectivity index is 1.24. The second-order valence-electron chi connectivity index (χ2n) is 8.32. The Labute approximate surface area is 191 Å². The summed E-state index contributed by atoms with van der Waals surface area (Å²) in [6.07, 6.45) is 3.10. The molecule has 1 N–H and O–H groups in total. The Morgan fingerprint density at radius 1 is 1.03 bits per heavy atom. The maximum Gasteiger partial charge on any atom is 0.272 e. The summed E-state index contributed by atoms with van der Waals surface area (Å²) in [6.45, 7) is 5.42. The number of nitrogens with one attached hydrogen (secondary N) is 1. The first kappa shape index (κ1) is 19.7. The molecule has 0 atom stereocenters. The Kier molecular flexibility index (Phi) is 4.72. The number of likely N-dealkylation sites (N-methyl/N-ethyl adjacent to an activating group) is 1. The summed E-state index contributed by atoms with van der Waals surface area (Å²) < 4.78 is 5.47. The molecule has 10 nitrogen and oxygen atoms in total. The van der Waals surface area contributed by atoms with E-state index in [0.29, 0.717) is 42.3 Å². The molecule has 0 saturated carbocycles. The SMILES string of the molecule is CN1CCN(c2ccc(Nc3ncc4c(n3)N3CCN=C3N(c3ccco3)C4=O)cc2)CC1. The summed E-state index contributed by atoms with van der Waals surface area (Å²) in [5.41, 5.74) is 2.52. The van der Waals surface area contributed by atoms with Gasteiger partial charge in [0, 0.05) is 56.4 Å². The lowest BCUT2D eigenvalue weighted by molar-refractivity contribution is 0.0996. The van der Waals surface area contributed by atoms with E-state index in [1.807, 2.05) is 17.0 Å². The second kappa shape index (κ2) is 7.89. The normalized spacial score (nSPS) is 18.3. The van der Waals surface area contributed by atoms with Crippen molar-refractivity contribution in [3.63, 3.8) is 0 Å². The molecule has 168 valence electrons. The molecule has 3 aromatic rings. The fourth-order valence-corrected chi connectivity index (χ4v) is 4.37. The Bertz CT molecular complexity index is 1200. The molecule has 3 aliphatic heterocycles. The number of anilines is 5. The summed E-state index contributed by atoms with van der Waals surface area (Å²) in [6, 6.07) is 11.8. The molecule has 3 aliphatic rings. The van der Waals surface area contributed by atoms with Crippen molar-refractivity contribution >= 4 is 40.9 Å². The quantitative estimate of drug-likeness (QED) is 0.656. The van der Waals surface area contributed by atoms with Gasteiger partial charge in [-0.25, -0.2) is 14.9 Å². The van der Waals surface area contributed by atoms with E-state index in [1.165, 1.54) is 16.9 Å². The van der Waals surface area contributed by atoms with Gasteiger partial charge in [-0.05, 0) is 37.4 Å². The van der Waals surface area contributed by atoms with Gasteiger partial charge in [-0.15, -0.1) is 0 Å². The number of amides is 1. The number of rotatable bonds is 4. The van der Waals surface area contributed by atoms with E-state index in [0.717, 1.165) is 31.9 Å². The van der Waals surface area contributed by atoms with Crippen LogP contribution >= 0.6 is 0 Å². The predicted molar refractivity (Wildman–Crippen MR) is 127 cm³/mol. The van der Waals surface area contributed by atoms with Gasteiger partial charge in [-0.3, -0.25) is 9.69 Å². The van der Waals surface area contributed by atoms with Crippen LogP contribution in [0.3, 0.4) is 0 Å². The summed E-state index contributed by atoms with van der Waals surface area (Å²) >= 11 is 0. The number of guanidine groups is 1.